The minimum absolute atomic E-state index is 0.227. The Kier molecular flexibility index (Phi) is 3.93. The third-order valence-electron chi connectivity index (χ3n) is 3.97. The summed E-state index contributed by atoms with van der Waals surface area (Å²) in [4.78, 5) is 4.43. The molecule has 112 valence electrons. The van der Waals surface area contributed by atoms with E-state index in [0.29, 0.717) is 24.5 Å². The predicted octanol–water partition coefficient (Wildman–Crippen LogP) is 1.61. The molecule has 0 saturated carbocycles. The molecule has 1 atom stereocenters. The summed E-state index contributed by atoms with van der Waals surface area (Å²) >= 11 is 0. The Morgan fingerprint density at radius 3 is 3.05 bits per heavy atom. The van der Waals surface area contributed by atoms with Crippen molar-refractivity contribution in [3.63, 3.8) is 0 Å². The average Bonchev–Trinajstić information content (AvgIpc) is 2.54. The zero-order valence-electron chi connectivity index (χ0n) is 12.0. The zero-order valence-corrected chi connectivity index (χ0v) is 12.8. The highest BCUT2D eigenvalue weighted by molar-refractivity contribution is 7.89. The number of hydrogen-bond acceptors (Lipinski definition) is 4. The van der Waals surface area contributed by atoms with Crippen LogP contribution in [-0.4, -0.2) is 43.4 Å². The predicted molar refractivity (Wildman–Crippen MR) is 82.6 cm³/mol. The largest absolute Gasteiger partial charge is 0.311 e. The maximum Gasteiger partial charge on any atom is 0.243 e. The van der Waals surface area contributed by atoms with E-state index in [1.54, 1.807) is 34.9 Å². The van der Waals surface area contributed by atoms with Crippen LogP contribution < -0.4 is 5.32 Å². The highest BCUT2D eigenvalue weighted by Crippen LogP contribution is 2.25. The lowest BCUT2D eigenvalue weighted by molar-refractivity contribution is 0.294. The number of hydrogen-bond donors (Lipinski definition) is 1. The van der Waals surface area contributed by atoms with Gasteiger partial charge in [0.2, 0.25) is 10.0 Å². The van der Waals surface area contributed by atoms with Crippen molar-refractivity contribution in [2.75, 3.05) is 19.6 Å². The van der Waals surface area contributed by atoms with E-state index < -0.39 is 10.0 Å². The molecule has 1 aromatic heterocycles. The maximum atomic E-state index is 12.9. The highest BCUT2D eigenvalue weighted by atomic mass is 32.2. The first-order chi connectivity index (χ1) is 10.1. The molecule has 0 aliphatic carbocycles. The molecule has 1 N–H and O–H groups in total. The Morgan fingerprint density at radius 2 is 2.24 bits per heavy atom. The van der Waals surface area contributed by atoms with Gasteiger partial charge in [0.15, 0.2) is 0 Å². The van der Waals surface area contributed by atoms with E-state index in [-0.39, 0.29) is 6.04 Å². The number of sulfonamides is 1. The Bertz CT molecular complexity index is 740. The Labute approximate surface area is 125 Å². The van der Waals surface area contributed by atoms with E-state index in [9.17, 15) is 8.42 Å². The van der Waals surface area contributed by atoms with Gasteiger partial charge >= 0.3 is 0 Å². The summed E-state index contributed by atoms with van der Waals surface area (Å²) in [5.41, 5.74) is 0. The summed E-state index contributed by atoms with van der Waals surface area (Å²) in [7, 11) is -3.47. The molecule has 0 amide bonds. The van der Waals surface area contributed by atoms with Crippen LogP contribution in [0.1, 0.15) is 13.3 Å². The highest BCUT2D eigenvalue weighted by Gasteiger charge is 2.30. The number of rotatable bonds is 3. The van der Waals surface area contributed by atoms with E-state index in [0.717, 1.165) is 17.2 Å². The van der Waals surface area contributed by atoms with Crippen LogP contribution in [0.5, 0.6) is 0 Å². The van der Waals surface area contributed by atoms with Crippen molar-refractivity contribution in [2.45, 2.75) is 24.3 Å². The fourth-order valence-electron chi connectivity index (χ4n) is 2.74. The van der Waals surface area contributed by atoms with Crippen molar-refractivity contribution < 1.29 is 8.42 Å². The van der Waals surface area contributed by atoms with Crippen molar-refractivity contribution in [1.29, 1.82) is 0 Å². The molecule has 2 aromatic rings. The number of nitrogens with one attached hydrogen (secondary N) is 1. The van der Waals surface area contributed by atoms with Gasteiger partial charge in [0.1, 0.15) is 0 Å². The minimum Gasteiger partial charge on any atom is -0.311 e. The molecule has 6 heteroatoms. The quantitative estimate of drug-likeness (QED) is 0.936. The third kappa shape index (κ3) is 2.66. The Balaban J connectivity index is 2.04. The van der Waals surface area contributed by atoms with Crippen molar-refractivity contribution in [3.8, 4) is 0 Å². The fraction of sp³-hybridized carbons (Fsp3) is 0.400. The van der Waals surface area contributed by atoms with Gasteiger partial charge in [0.25, 0.3) is 0 Å². The molecule has 1 unspecified atom stereocenters. The number of nitrogens with zero attached hydrogens (tertiary/aromatic N) is 2. The first-order valence-corrected chi connectivity index (χ1v) is 8.63. The fourth-order valence-corrected chi connectivity index (χ4v) is 4.44. The lowest BCUT2D eigenvalue weighted by Gasteiger charge is -2.32. The monoisotopic (exact) mass is 305 g/mol. The van der Waals surface area contributed by atoms with Gasteiger partial charge in [0.05, 0.1) is 4.90 Å². The lowest BCUT2D eigenvalue weighted by atomic mass is 10.2. The van der Waals surface area contributed by atoms with Gasteiger partial charge in [-0.05, 0) is 18.6 Å². The van der Waals surface area contributed by atoms with Crippen LogP contribution in [0.4, 0.5) is 0 Å². The molecule has 3 rings (SSSR count). The molecule has 1 aromatic carbocycles. The molecule has 1 fully saturated rings. The third-order valence-corrected chi connectivity index (χ3v) is 5.89. The van der Waals surface area contributed by atoms with Crippen LogP contribution in [0.25, 0.3) is 10.8 Å². The van der Waals surface area contributed by atoms with Crippen molar-refractivity contribution in [3.05, 3.63) is 36.7 Å². The lowest BCUT2D eigenvalue weighted by Crippen LogP contribution is -2.52. The van der Waals surface area contributed by atoms with E-state index in [1.807, 2.05) is 6.07 Å². The van der Waals surface area contributed by atoms with Crippen LogP contribution in [0, 0.1) is 0 Å². The van der Waals surface area contributed by atoms with Crippen LogP contribution in [-0.2, 0) is 10.0 Å². The van der Waals surface area contributed by atoms with Crippen LogP contribution in [0.3, 0.4) is 0 Å². The summed E-state index contributed by atoms with van der Waals surface area (Å²) < 4.78 is 27.5. The summed E-state index contributed by atoms with van der Waals surface area (Å²) in [6.45, 7) is 3.81. The first kappa shape index (κ1) is 14.4. The molecule has 1 aliphatic rings. The first-order valence-electron chi connectivity index (χ1n) is 7.19. The van der Waals surface area contributed by atoms with E-state index in [1.165, 1.54) is 0 Å². The van der Waals surface area contributed by atoms with Gasteiger partial charge in [0, 0.05) is 48.8 Å². The topological polar surface area (TPSA) is 62.3 Å². The molecule has 0 spiro atoms. The number of piperazine rings is 1. The van der Waals surface area contributed by atoms with Gasteiger partial charge in [-0.25, -0.2) is 8.42 Å². The number of benzene rings is 1. The van der Waals surface area contributed by atoms with Gasteiger partial charge in [-0.3, -0.25) is 4.98 Å². The van der Waals surface area contributed by atoms with Crippen LogP contribution in [0.2, 0.25) is 0 Å². The molecule has 21 heavy (non-hydrogen) atoms. The van der Waals surface area contributed by atoms with Gasteiger partial charge < -0.3 is 5.32 Å². The second-order valence-electron chi connectivity index (χ2n) is 5.28. The van der Waals surface area contributed by atoms with Crippen molar-refractivity contribution in [1.82, 2.24) is 14.6 Å². The smallest absolute Gasteiger partial charge is 0.243 e. The molecule has 0 radical (unpaired) electrons. The summed E-state index contributed by atoms with van der Waals surface area (Å²) in [6.07, 6.45) is 4.25. The zero-order chi connectivity index (χ0) is 14.9. The van der Waals surface area contributed by atoms with Crippen LogP contribution in [0.15, 0.2) is 41.6 Å². The molecule has 2 heterocycles. The van der Waals surface area contributed by atoms with Gasteiger partial charge in [-0.1, -0.05) is 19.1 Å². The van der Waals surface area contributed by atoms with E-state index in [4.69, 9.17) is 0 Å². The average molecular weight is 305 g/mol. The van der Waals surface area contributed by atoms with Gasteiger partial charge in [-0.15, -0.1) is 0 Å². The van der Waals surface area contributed by atoms with Crippen molar-refractivity contribution >= 4 is 20.8 Å². The second-order valence-corrected chi connectivity index (χ2v) is 7.18. The van der Waals surface area contributed by atoms with Crippen LogP contribution >= 0.6 is 0 Å². The minimum atomic E-state index is -3.47. The summed E-state index contributed by atoms with van der Waals surface area (Å²) in [6, 6.07) is 7.33. The normalized spacial score (nSPS) is 20.7. The molecule has 1 saturated heterocycles. The summed E-state index contributed by atoms with van der Waals surface area (Å²) in [5.74, 6) is 0. The van der Waals surface area contributed by atoms with Gasteiger partial charge in [-0.2, -0.15) is 4.31 Å². The molecule has 0 bridgehead atoms. The number of fused-ring (bicyclic) bond motifs is 1. The number of aromatic nitrogens is 1. The Morgan fingerprint density at radius 1 is 1.38 bits per heavy atom. The standard InChI is InChI=1S/C15H19N3O2S/c1-2-13-11-18(9-8-17-13)21(19,20)15-5-3-4-12-10-16-7-6-14(12)15/h3-7,10,13,17H,2,8-9,11H2,1H3. The number of pyridine rings is 1. The Hall–Kier alpha value is -1.50. The molecular weight excluding hydrogens is 286 g/mol. The SMILES string of the molecule is CCC1CN(S(=O)(=O)c2cccc3cnccc23)CCN1. The summed E-state index contributed by atoms with van der Waals surface area (Å²) in [5, 5.41) is 4.93. The molecular formula is C15H19N3O2S. The van der Waals surface area contributed by atoms with Crippen molar-refractivity contribution in [2.24, 2.45) is 0 Å². The molecule has 1 aliphatic heterocycles. The van der Waals surface area contributed by atoms with E-state index in [2.05, 4.69) is 17.2 Å². The second kappa shape index (κ2) is 5.71. The molecule has 5 nitrogen and oxygen atoms in total. The van der Waals surface area contributed by atoms with E-state index >= 15 is 0 Å². The maximum absolute atomic E-state index is 12.9.